The van der Waals surface area contributed by atoms with Crippen LogP contribution in [0.1, 0.15) is 5.82 Å². The first-order chi connectivity index (χ1) is 9.29. The van der Waals surface area contributed by atoms with Gasteiger partial charge in [0, 0.05) is 42.3 Å². The molecule has 96 valence electrons. The van der Waals surface area contributed by atoms with Crippen molar-refractivity contribution in [2.24, 2.45) is 12.8 Å². The molecule has 2 aromatic heterocycles. The predicted octanol–water partition coefficient (Wildman–Crippen LogP) is 2.14. The van der Waals surface area contributed by atoms with Crippen molar-refractivity contribution in [1.82, 2.24) is 14.5 Å². The fourth-order valence-electron chi connectivity index (χ4n) is 2.34. The molecule has 0 atom stereocenters. The molecule has 0 radical (unpaired) electrons. The maximum atomic E-state index is 5.56. The van der Waals surface area contributed by atoms with E-state index in [9.17, 15) is 0 Å². The van der Waals surface area contributed by atoms with Crippen molar-refractivity contribution < 1.29 is 0 Å². The molecule has 1 aromatic carbocycles. The van der Waals surface area contributed by atoms with Crippen LogP contribution in [-0.4, -0.2) is 21.1 Å². The lowest BCUT2D eigenvalue weighted by Crippen LogP contribution is -2.06. The van der Waals surface area contributed by atoms with Crippen LogP contribution in [0.25, 0.3) is 22.2 Å². The van der Waals surface area contributed by atoms with Gasteiger partial charge in [0.15, 0.2) is 0 Å². The number of nitrogens with two attached hydrogens (primary N) is 1. The number of hydrogen-bond acceptors (Lipinski definition) is 3. The summed E-state index contributed by atoms with van der Waals surface area (Å²) in [7, 11) is 2.05. The fourth-order valence-corrected chi connectivity index (χ4v) is 2.34. The average molecular weight is 252 g/mol. The predicted molar refractivity (Wildman–Crippen MR) is 76.7 cm³/mol. The van der Waals surface area contributed by atoms with Gasteiger partial charge in [-0.05, 0) is 18.7 Å². The molecule has 0 aliphatic heterocycles. The Morgan fingerprint density at radius 2 is 2.05 bits per heavy atom. The van der Waals surface area contributed by atoms with E-state index in [1.54, 1.807) is 6.20 Å². The first kappa shape index (κ1) is 11.9. The van der Waals surface area contributed by atoms with Crippen molar-refractivity contribution in [2.45, 2.75) is 6.42 Å². The minimum absolute atomic E-state index is 0.568. The van der Waals surface area contributed by atoms with Gasteiger partial charge in [-0.15, -0.1) is 0 Å². The molecule has 0 fully saturated rings. The van der Waals surface area contributed by atoms with Crippen LogP contribution in [0.2, 0.25) is 0 Å². The Morgan fingerprint density at radius 1 is 1.21 bits per heavy atom. The zero-order valence-electron chi connectivity index (χ0n) is 10.9. The lowest BCUT2D eigenvalue weighted by atomic mass is 10.1. The maximum Gasteiger partial charge on any atom is 0.130 e. The van der Waals surface area contributed by atoms with Crippen LogP contribution in [0.5, 0.6) is 0 Å². The summed E-state index contributed by atoms with van der Waals surface area (Å²) in [6.07, 6.45) is 4.62. The number of rotatable bonds is 3. The van der Waals surface area contributed by atoms with Gasteiger partial charge in [0.2, 0.25) is 0 Å². The van der Waals surface area contributed by atoms with Gasteiger partial charge < -0.3 is 10.3 Å². The first-order valence-corrected chi connectivity index (χ1v) is 6.36. The lowest BCUT2D eigenvalue weighted by Gasteiger charge is -2.01. The van der Waals surface area contributed by atoms with E-state index in [0.717, 1.165) is 17.1 Å². The summed E-state index contributed by atoms with van der Waals surface area (Å²) in [6, 6.07) is 10.3. The minimum atomic E-state index is 0.568. The molecule has 2 N–H and O–H groups in total. The van der Waals surface area contributed by atoms with Crippen molar-refractivity contribution in [2.75, 3.05) is 6.54 Å². The quantitative estimate of drug-likeness (QED) is 0.777. The Kier molecular flexibility index (Phi) is 3.01. The van der Waals surface area contributed by atoms with Gasteiger partial charge in [-0.3, -0.25) is 0 Å². The van der Waals surface area contributed by atoms with E-state index >= 15 is 0 Å². The van der Waals surface area contributed by atoms with E-state index in [1.807, 2.05) is 25.2 Å². The largest absolute Gasteiger partial charge is 0.350 e. The van der Waals surface area contributed by atoms with Gasteiger partial charge in [-0.25, -0.2) is 9.97 Å². The third-order valence-corrected chi connectivity index (χ3v) is 3.25. The highest BCUT2D eigenvalue weighted by Gasteiger charge is 2.09. The van der Waals surface area contributed by atoms with Crippen LogP contribution < -0.4 is 5.73 Å². The molecule has 4 nitrogen and oxygen atoms in total. The highest BCUT2D eigenvalue weighted by atomic mass is 14.9. The van der Waals surface area contributed by atoms with E-state index in [-0.39, 0.29) is 0 Å². The van der Waals surface area contributed by atoms with Gasteiger partial charge in [0.05, 0.1) is 5.69 Å². The van der Waals surface area contributed by atoms with Crippen molar-refractivity contribution in [3.63, 3.8) is 0 Å². The molecular formula is C15H16N4. The SMILES string of the molecule is Cn1cc(-c2ccnc(CCN)n2)c2ccccc21. The van der Waals surface area contributed by atoms with Crippen LogP contribution in [0.15, 0.2) is 42.7 Å². The van der Waals surface area contributed by atoms with E-state index in [4.69, 9.17) is 5.73 Å². The van der Waals surface area contributed by atoms with E-state index in [1.165, 1.54) is 10.9 Å². The first-order valence-electron chi connectivity index (χ1n) is 6.36. The average Bonchev–Trinajstić information content (AvgIpc) is 2.78. The normalized spacial score (nSPS) is 11.1. The molecule has 19 heavy (non-hydrogen) atoms. The molecule has 3 rings (SSSR count). The number of nitrogens with zero attached hydrogens (tertiary/aromatic N) is 3. The molecule has 2 heterocycles. The molecule has 0 saturated heterocycles. The Hall–Kier alpha value is -2.20. The Bertz CT molecular complexity index is 715. The zero-order valence-corrected chi connectivity index (χ0v) is 10.9. The summed E-state index contributed by atoms with van der Waals surface area (Å²) in [6.45, 7) is 0.568. The highest BCUT2D eigenvalue weighted by Crippen LogP contribution is 2.28. The van der Waals surface area contributed by atoms with Crippen LogP contribution in [0.4, 0.5) is 0 Å². The highest BCUT2D eigenvalue weighted by molar-refractivity contribution is 5.95. The molecule has 3 aromatic rings. The molecular weight excluding hydrogens is 236 g/mol. The molecule has 0 aliphatic rings. The van der Waals surface area contributed by atoms with Crippen LogP contribution in [0.3, 0.4) is 0 Å². The van der Waals surface area contributed by atoms with E-state index in [2.05, 4.69) is 32.9 Å². The maximum absolute atomic E-state index is 5.56. The van der Waals surface area contributed by atoms with E-state index < -0.39 is 0 Å². The summed E-state index contributed by atoms with van der Waals surface area (Å²) in [4.78, 5) is 8.84. The van der Waals surface area contributed by atoms with Crippen LogP contribution in [0, 0.1) is 0 Å². The second-order valence-electron chi connectivity index (χ2n) is 4.57. The van der Waals surface area contributed by atoms with Crippen LogP contribution >= 0.6 is 0 Å². The van der Waals surface area contributed by atoms with Gasteiger partial charge in [0.1, 0.15) is 5.82 Å². The number of para-hydroxylation sites is 1. The van der Waals surface area contributed by atoms with E-state index in [0.29, 0.717) is 13.0 Å². The lowest BCUT2D eigenvalue weighted by molar-refractivity contribution is 0.869. The molecule has 0 amide bonds. The molecule has 4 heteroatoms. The third-order valence-electron chi connectivity index (χ3n) is 3.25. The second-order valence-corrected chi connectivity index (χ2v) is 4.57. The number of benzene rings is 1. The number of aromatic nitrogens is 3. The van der Waals surface area contributed by atoms with Gasteiger partial charge in [-0.2, -0.15) is 0 Å². The van der Waals surface area contributed by atoms with Gasteiger partial charge >= 0.3 is 0 Å². The summed E-state index contributed by atoms with van der Waals surface area (Å²) in [5.74, 6) is 0.799. The fraction of sp³-hybridized carbons (Fsp3) is 0.200. The molecule has 0 saturated carbocycles. The smallest absolute Gasteiger partial charge is 0.130 e. The summed E-state index contributed by atoms with van der Waals surface area (Å²) in [5.41, 5.74) is 8.86. The summed E-state index contributed by atoms with van der Waals surface area (Å²) in [5, 5.41) is 1.21. The van der Waals surface area contributed by atoms with Crippen LogP contribution in [-0.2, 0) is 13.5 Å². The second kappa shape index (κ2) is 4.82. The number of fused-ring (bicyclic) bond motifs is 1. The number of aryl methyl sites for hydroxylation is 1. The summed E-state index contributed by atoms with van der Waals surface area (Å²) >= 11 is 0. The third kappa shape index (κ3) is 2.11. The monoisotopic (exact) mass is 252 g/mol. The van der Waals surface area contributed by atoms with Gasteiger partial charge in [0.25, 0.3) is 0 Å². The van der Waals surface area contributed by atoms with Crippen molar-refractivity contribution >= 4 is 10.9 Å². The Morgan fingerprint density at radius 3 is 2.89 bits per heavy atom. The standard InChI is InChI=1S/C15H16N4/c1-19-10-12(11-4-2-3-5-14(11)19)13-7-9-17-15(18-13)6-8-16/h2-5,7,9-10H,6,8,16H2,1H3. The van der Waals surface area contributed by atoms with Crippen molar-refractivity contribution in [3.05, 3.63) is 48.5 Å². The molecule has 0 unspecified atom stereocenters. The topological polar surface area (TPSA) is 56.7 Å². The zero-order chi connectivity index (χ0) is 13.2. The molecule has 0 aliphatic carbocycles. The van der Waals surface area contributed by atoms with Crippen molar-refractivity contribution in [3.8, 4) is 11.3 Å². The van der Waals surface area contributed by atoms with Crippen molar-refractivity contribution in [1.29, 1.82) is 0 Å². The Labute approximate surface area is 111 Å². The molecule has 0 bridgehead atoms. The minimum Gasteiger partial charge on any atom is -0.350 e. The van der Waals surface area contributed by atoms with Gasteiger partial charge in [-0.1, -0.05) is 18.2 Å². The summed E-state index contributed by atoms with van der Waals surface area (Å²) < 4.78 is 2.12. The number of hydrogen-bond donors (Lipinski definition) is 1. The molecule has 0 spiro atoms. The Balaban J connectivity index is 2.16.